The summed E-state index contributed by atoms with van der Waals surface area (Å²) >= 11 is 0. The maximum absolute atomic E-state index is 13.8. The average Bonchev–Trinajstić information content (AvgIpc) is 3.35. The van der Waals surface area contributed by atoms with Crippen LogP contribution in [-0.2, 0) is 11.2 Å². The molecule has 2 aromatic rings. The Bertz CT molecular complexity index is 1240. The first-order valence-electron chi connectivity index (χ1n) is 17.5. The van der Waals surface area contributed by atoms with Gasteiger partial charge in [-0.3, -0.25) is 19.6 Å². The van der Waals surface area contributed by atoms with E-state index < -0.39 is 5.92 Å². The first kappa shape index (κ1) is 32.5. The molecule has 3 fully saturated rings. The summed E-state index contributed by atoms with van der Waals surface area (Å²) in [6, 6.07) is 16.0. The number of piperazine rings is 1. The van der Waals surface area contributed by atoms with E-state index in [9.17, 15) is 13.6 Å². The molecule has 1 aromatic heterocycles. The standard InChI is InChI=1S/C36H52F2N6O/c37-36(38)18-15-28(16-19-36)35(45)42-30(26-8-2-1-3-9-26)17-23-44-29-13-14-32(44)31(41-24-29)25-43(22-5-4-20-39)33-12-6-10-27-11-7-21-40-34(27)33/h1-3,7-9,11,21,28-33,41H,4-6,10,12-20,22-25,39H2,(H,42,45)/t29?,30-,31+,32+,33?/m0/s1. The van der Waals surface area contributed by atoms with Crippen molar-refractivity contribution in [2.24, 2.45) is 11.7 Å². The first-order chi connectivity index (χ1) is 21.9. The predicted molar refractivity (Wildman–Crippen MR) is 174 cm³/mol. The molecule has 4 N–H and O–H groups in total. The molecule has 5 atom stereocenters. The van der Waals surface area contributed by atoms with Crippen molar-refractivity contribution in [3.05, 3.63) is 65.5 Å². The molecule has 2 saturated heterocycles. The lowest BCUT2D eigenvalue weighted by molar-refractivity contribution is -0.130. The normalized spacial score (nSPS) is 27.3. The highest BCUT2D eigenvalue weighted by Gasteiger charge is 2.44. The minimum Gasteiger partial charge on any atom is -0.349 e. The zero-order chi connectivity index (χ0) is 31.2. The number of nitrogens with one attached hydrogen (secondary N) is 2. The topological polar surface area (TPSA) is 86.5 Å². The van der Waals surface area contributed by atoms with Gasteiger partial charge in [-0.2, -0.15) is 0 Å². The second-order valence-corrected chi connectivity index (χ2v) is 13.9. The Morgan fingerprint density at radius 1 is 1.09 bits per heavy atom. The SMILES string of the molecule is NCCCCN(C[C@H]1NCC2CC[C@H]1N2CC[C@H](NC(=O)C1CCC(F)(F)CC1)c1ccccc1)C1CCCc2cccnc21. The van der Waals surface area contributed by atoms with E-state index in [1.165, 1.54) is 30.5 Å². The number of amides is 1. The molecule has 2 aliphatic carbocycles. The molecule has 7 nitrogen and oxygen atoms in total. The monoisotopic (exact) mass is 622 g/mol. The number of fused-ring (bicyclic) bond motifs is 3. The summed E-state index contributed by atoms with van der Waals surface area (Å²) in [7, 11) is 0. The van der Waals surface area contributed by atoms with Crippen molar-refractivity contribution in [1.29, 1.82) is 0 Å². The molecule has 2 unspecified atom stereocenters. The average molecular weight is 623 g/mol. The fourth-order valence-electron chi connectivity index (χ4n) is 8.48. The number of hydrogen-bond donors (Lipinski definition) is 3. The quantitative estimate of drug-likeness (QED) is 0.260. The molecule has 1 aromatic carbocycles. The molecular formula is C36H52F2N6O. The number of carbonyl (C=O) groups is 1. The molecular weight excluding hydrogens is 570 g/mol. The van der Waals surface area contributed by atoms with Crippen LogP contribution in [0.25, 0.3) is 0 Å². The summed E-state index contributed by atoms with van der Waals surface area (Å²) in [6.07, 6.45) is 10.8. The fraction of sp³-hybridized carbons (Fsp3) is 0.667. The number of rotatable bonds is 13. The van der Waals surface area contributed by atoms with Crippen LogP contribution >= 0.6 is 0 Å². The Morgan fingerprint density at radius 3 is 2.71 bits per heavy atom. The minimum atomic E-state index is -2.63. The van der Waals surface area contributed by atoms with Crippen LogP contribution in [-0.4, -0.2) is 77.5 Å². The molecule has 2 aliphatic heterocycles. The summed E-state index contributed by atoms with van der Waals surface area (Å²) in [5.74, 6) is -3.04. The molecule has 45 heavy (non-hydrogen) atoms. The van der Waals surface area contributed by atoms with Crippen LogP contribution < -0.4 is 16.4 Å². The molecule has 1 saturated carbocycles. The van der Waals surface area contributed by atoms with Crippen LogP contribution in [0.1, 0.15) is 99.5 Å². The Morgan fingerprint density at radius 2 is 1.91 bits per heavy atom. The van der Waals surface area contributed by atoms with Crippen molar-refractivity contribution in [3.8, 4) is 0 Å². The number of carbonyl (C=O) groups excluding carboxylic acids is 1. The van der Waals surface area contributed by atoms with E-state index in [2.05, 4.69) is 44.7 Å². The number of unbranched alkanes of at least 4 members (excludes halogenated alkanes) is 1. The van der Waals surface area contributed by atoms with Crippen molar-refractivity contribution in [1.82, 2.24) is 25.4 Å². The van der Waals surface area contributed by atoms with Crippen molar-refractivity contribution < 1.29 is 13.6 Å². The first-order valence-corrected chi connectivity index (χ1v) is 17.5. The largest absolute Gasteiger partial charge is 0.349 e. The molecule has 0 spiro atoms. The van der Waals surface area contributed by atoms with E-state index >= 15 is 0 Å². The van der Waals surface area contributed by atoms with Gasteiger partial charge in [-0.15, -0.1) is 0 Å². The minimum absolute atomic E-state index is 0.0741. The summed E-state index contributed by atoms with van der Waals surface area (Å²) in [6.45, 7) is 4.62. The van der Waals surface area contributed by atoms with Gasteiger partial charge in [0.15, 0.2) is 0 Å². The Balaban J connectivity index is 1.13. The summed E-state index contributed by atoms with van der Waals surface area (Å²) in [5, 5.41) is 7.23. The van der Waals surface area contributed by atoms with Gasteiger partial charge in [0.2, 0.25) is 11.8 Å². The van der Waals surface area contributed by atoms with Gasteiger partial charge in [0.25, 0.3) is 0 Å². The lowest BCUT2D eigenvalue weighted by Crippen LogP contribution is -2.61. The highest BCUT2D eigenvalue weighted by atomic mass is 19.3. The number of halogens is 2. The smallest absolute Gasteiger partial charge is 0.248 e. The summed E-state index contributed by atoms with van der Waals surface area (Å²) < 4.78 is 27.6. The Hall–Kier alpha value is -2.46. The number of aryl methyl sites for hydroxylation is 1. The van der Waals surface area contributed by atoms with E-state index in [1.54, 1.807) is 0 Å². The molecule has 3 heterocycles. The third-order valence-corrected chi connectivity index (χ3v) is 11.0. The zero-order valence-electron chi connectivity index (χ0n) is 26.7. The Labute approximate surface area is 267 Å². The maximum Gasteiger partial charge on any atom is 0.248 e. The number of nitrogens with zero attached hydrogens (tertiary/aromatic N) is 3. The van der Waals surface area contributed by atoms with Gasteiger partial charge in [-0.25, -0.2) is 8.78 Å². The highest BCUT2D eigenvalue weighted by molar-refractivity contribution is 5.79. The third kappa shape index (κ3) is 7.92. The predicted octanol–water partition coefficient (Wildman–Crippen LogP) is 5.38. The fourth-order valence-corrected chi connectivity index (χ4v) is 8.48. The molecule has 246 valence electrons. The van der Waals surface area contributed by atoms with E-state index in [4.69, 9.17) is 10.7 Å². The van der Waals surface area contributed by atoms with Gasteiger partial charge < -0.3 is 16.4 Å². The Kier molecular flexibility index (Phi) is 10.8. The number of nitrogens with two attached hydrogens (primary N) is 1. The van der Waals surface area contributed by atoms with Gasteiger partial charge in [0, 0.05) is 62.7 Å². The van der Waals surface area contributed by atoms with Gasteiger partial charge in [-0.05, 0) is 94.5 Å². The molecule has 2 bridgehead atoms. The molecule has 4 aliphatic rings. The van der Waals surface area contributed by atoms with Crippen LogP contribution in [0.3, 0.4) is 0 Å². The summed E-state index contributed by atoms with van der Waals surface area (Å²) in [4.78, 5) is 23.6. The second-order valence-electron chi connectivity index (χ2n) is 13.9. The highest BCUT2D eigenvalue weighted by Crippen LogP contribution is 2.38. The number of alkyl halides is 2. The van der Waals surface area contributed by atoms with Crippen LogP contribution in [0.5, 0.6) is 0 Å². The zero-order valence-corrected chi connectivity index (χ0v) is 26.7. The second kappa shape index (κ2) is 15.0. The van der Waals surface area contributed by atoms with Crippen molar-refractivity contribution in [3.63, 3.8) is 0 Å². The lowest BCUT2D eigenvalue weighted by atomic mass is 9.86. The third-order valence-electron chi connectivity index (χ3n) is 11.0. The molecule has 6 rings (SSSR count). The van der Waals surface area contributed by atoms with Crippen molar-refractivity contribution in [2.75, 3.05) is 32.7 Å². The van der Waals surface area contributed by atoms with Gasteiger partial charge in [0.05, 0.1) is 17.8 Å². The van der Waals surface area contributed by atoms with Crippen molar-refractivity contribution in [2.45, 2.75) is 113 Å². The number of hydrogen-bond acceptors (Lipinski definition) is 6. The van der Waals surface area contributed by atoms with Gasteiger partial charge in [-0.1, -0.05) is 36.4 Å². The maximum atomic E-state index is 13.8. The van der Waals surface area contributed by atoms with E-state index in [-0.39, 0.29) is 43.6 Å². The molecule has 1 amide bonds. The van der Waals surface area contributed by atoms with Crippen LogP contribution in [0.2, 0.25) is 0 Å². The van der Waals surface area contributed by atoms with Crippen molar-refractivity contribution >= 4 is 5.91 Å². The van der Waals surface area contributed by atoms with Crippen LogP contribution in [0, 0.1) is 5.92 Å². The van der Waals surface area contributed by atoms with Crippen LogP contribution in [0.15, 0.2) is 48.7 Å². The van der Waals surface area contributed by atoms with E-state index in [0.717, 1.165) is 70.4 Å². The molecule has 9 heteroatoms. The summed E-state index contributed by atoms with van der Waals surface area (Å²) in [5.41, 5.74) is 9.64. The van der Waals surface area contributed by atoms with Crippen LogP contribution in [0.4, 0.5) is 8.78 Å². The number of aromatic nitrogens is 1. The molecule has 0 radical (unpaired) electrons. The number of pyridine rings is 1. The number of benzene rings is 1. The van der Waals surface area contributed by atoms with E-state index in [0.29, 0.717) is 24.2 Å². The van der Waals surface area contributed by atoms with Gasteiger partial charge >= 0.3 is 0 Å². The lowest BCUT2D eigenvalue weighted by Gasteiger charge is -2.45. The van der Waals surface area contributed by atoms with Gasteiger partial charge in [0.1, 0.15) is 0 Å². The van der Waals surface area contributed by atoms with E-state index in [1.807, 2.05) is 24.4 Å².